The molecule has 1 aromatic heterocycles. The molecule has 0 spiro atoms. The van der Waals surface area contributed by atoms with Crippen LogP contribution in [0.15, 0.2) is 11.2 Å². The van der Waals surface area contributed by atoms with E-state index in [-0.39, 0.29) is 0 Å². The highest BCUT2D eigenvalue weighted by molar-refractivity contribution is 7.11. The third-order valence-corrected chi connectivity index (χ3v) is 4.07. The number of rotatable bonds is 9. The predicted molar refractivity (Wildman–Crippen MR) is 90.3 cm³/mol. The molecule has 0 saturated carbocycles. The van der Waals surface area contributed by atoms with Crippen LogP contribution < -0.4 is 10.6 Å². The van der Waals surface area contributed by atoms with E-state index < -0.39 is 0 Å². The minimum atomic E-state index is 0.300. The second-order valence-corrected chi connectivity index (χ2v) is 6.22. The molecule has 120 valence electrons. The molecule has 0 aliphatic carbocycles. The van der Waals surface area contributed by atoms with Crippen LogP contribution in [0.25, 0.3) is 0 Å². The Kier molecular flexibility index (Phi) is 9.01. The van der Waals surface area contributed by atoms with Crippen LogP contribution in [0.2, 0.25) is 0 Å². The molecule has 0 fully saturated rings. The molecule has 0 saturated heterocycles. The van der Waals surface area contributed by atoms with E-state index in [1.54, 1.807) is 18.4 Å². The quantitative estimate of drug-likeness (QED) is 0.417. The highest BCUT2D eigenvalue weighted by atomic mass is 32.1. The zero-order valence-corrected chi connectivity index (χ0v) is 14.4. The van der Waals surface area contributed by atoms with Crippen LogP contribution in [0, 0.1) is 0 Å². The van der Waals surface area contributed by atoms with Gasteiger partial charge in [-0.3, -0.25) is 4.99 Å². The lowest BCUT2D eigenvalue weighted by atomic mass is 10.4. The summed E-state index contributed by atoms with van der Waals surface area (Å²) in [7, 11) is 1.79. The summed E-state index contributed by atoms with van der Waals surface area (Å²) in [6.07, 6.45) is 5.25. The minimum absolute atomic E-state index is 0.300. The monoisotopic (exact) mass is 312 g/mol. The summed E-state index contributed by atoms with van der Waals surface area (Å²) in [5.74, 6) is 0.840. The van der Waals surface area contributed by atoms with Gasteiger partial charge in [-0.15, -0.1) is 11.3 Å². The maximum atomic E-state index is 5.50. The van der Waals surface area contributed by atoms with Crippen LogP contribution in [0.1, 0.15) is 37.1 Å². The number of ether oxygens (including phenoxy) is 1. The molecule has 6 heteroatoms. The Hall–Kier alpha value is -1.14. The van der Waals surface area contributed by atoms with Crippen molar-refractivity contribution in [2.24, 2.45) is 4.99 Å². The Morgan fingerprint density at radius 2 is 2.14 bits per heavy atom. The lowest BCUT2D eigenvalue weighted by Crippen LogP contribution is -2.39. The number of aromatic nitrogens is 1. The first-order valence-electron chi connectivity index (χ1n) is 7.65. The van der Waals surface area contributed by atoms with Crippen LogP contribution in [0.3, 0.4) is 0 Å². The molecule has 0 unspecified atom stereocenters. The number of hydrogen-bond donors (Lipinski definition) is 2. The van der Waals surface area contributed by atoms with Gasteiger partial charge in [0.15, 0.2) is 5.96 Å². The second-order valence-electron chi connectivity index (χ2n) is 5.02. The highest BCUT2D eigenvalue weighted by Crippen LogP contribution is 2.13. The van der Waals surface area contributed by atoms with Crippen LogP contribution in [-0.2, 0) is 17.6 Å². The molecule has 5 nitrogen and oxygen atoms in total. The van der Waals surface area contributed by atoms with Crippen molar-refractivity contribution in [3.8, 4) is 0 Å². The molecule has 1 aromatic rings. The number of thiazole rings is 1. The molecule has 21 heavy (non-hydrogen) atoms. The van der Waals surface area contributed by atoms with E-state index in [4.69, 9.17) is 4.74 Å². The van der Waals surface area contributed by atoms with E-state index >= 15 is 0 Å². The van der Waals surface area contributed by atoms with Gasteiger partial charge < -0.3 is 15.4 Å². The fraction of sp³-hybridized carbons (Fsp3) is 0.733. The Bertz CT molecular complexity index is 418. The number of aryl methyl sites for hydroxylation is 1. The third kappa shape index (κ3) is 8.02. The molecular weight excluding hydrogens is 284 g/mol. The summed E-state index contributed by atoms with van der Waals surface area (Å²) < 4.78 is 5.50. The normalized spacial score (nSPS) is 12.0. The van der Waals surface area contributed by atoms with Crippen molar-refractivity contribution in [2.75, 3.05) is 26.7 Å². The third-order valence-electron chi connectivity index (χ3n) is 2.87. The molecule has 0 aliphatic heterocycles. The highest BCUT2D eigenvalue weighted by Gasteiger charge is 2.02. The average molecular weight is 312 g/mol. The first-order chi connectivity index (χ1) is 10.2. The zero-order valence-electron chi connectivity index (χ0n) is 13.6. The smallest absolute Gasteiger partial charge is 0.190 e. The van der Waals surface area contributed by atoms with Crippen molar-refractivity contribution in [3.63, 3.8) is 0 Å². The van der Waals surface area contributed by atoms with Crippen LogP contribution in [0.5, 0.6) is 0 Å². The van der Waals surface area contributed by atoms with Crippen LogP contribution in [0.4, 0.5) is 0 Å². The first kappa shape index (κ1) is 17.9. The maximum Gasteiger partial charge on any atom is 0.190 e. The molecule has 0 bridgehead atoms. The fourth-order valence-corrected chi connectivity index (χ4v) is 2.60. The van der Waals surface area contributed by atoms with Crippen molar-refractivity contribution < 1.29 is 4.74 Å². The van der Waals surface area contributed by atoms with Gasteiger partial charge >= 0.3 is 0 Å². The summed E-state index contributed by atoms with van der Waals surface area (Å²) in [5, 5.41) is 7.78. The van der Waals surface area contributed by atoms with Crippen LogP contribution in [-0.4, -0.2) is 43.8 Å². The number of hydrogen-bond acceptors (Lipinski definition) is 4. The molecular formula is C15H28N4OS. The number of aliphatic imine (C=N–C) groups is 1. The van der Waals surface area contributed by atoms with Gasteiger partial charge in [-0.1, -0.05) is 6.92 Å². The standard InChI is InChI=1S/C15H28N4OS/c1-5-13-11-19-14(21-13)7-9-18-15(16-4)17-8-6-10-20-12(2)3/h11-12H,5-10H2,1-4H3,(H2,16,17,18). The van der Waals surface area contributed by atoms with Gasteiger partial charge in [-0.2, -0.15) is 0 Å². The first-order valence-corrected chi connectivity index (χ1v) is 8.47. The van der Waals surface area contributed by atoms with E-state index in [2.05, 4.69) is 41.4 Å². The van der Waals surface area contributed by atoms with E-state index in [9.17, 15) is 0 Å². The number of nitrogens with zero attached hydrogens (tertiary/aromatic N) is 2. The molecule has 2 N–H and O–H groups in total. The number of nitrogens with one attached hydrogen (secondary N) is 2. The molecule has 0 amide bonds. The van der Waals surface area contributed by atoms with Gasteiger partial charge in [0.25, 0.3) is 0 Å². The van der Waals surface area contributed by atoms with Crippen molar-refractivity contribution in [1.29, 1.82) is 0 Å². The molecule has 1 heterocycles. The predicted octanol–water partition coefficient (Wildman–Crippen LogP) is 2.23. The van der Waals surface area contributed by atoms with Crippen molar-refractivity contribution in [3.05, 3.63) is 16.1 Å². The van der Waals surface area contributed by atoms with Gasteiger partial charge in [0.2, 0.25) is 0 Å². The Balaban J connectivity index is 2.13. The summed E-state index contributed by atoms with van der Waals surface area (Å²) in [6.45, 7) is 8.75. The Morgan fingerprint density at radius 1 is 1.38 bits per heavy atom. The molecule has 0 aromatic carbocycles. The largest absolute Gasteiger partial charge is 0.379 e. The van der Waals surface area contributed by atoms with E-state index in [1.165, 1.54) is 9.88 Å². The van der Waals surface area contributed by atoms with E-state index in [1.807, 2.05) is 6.20 Å². The molecule has 1 rings (SSSR count). The SMILES string of the molecule is CCc1cnc(CCNC(=NC)NCCCOC(C)C)s1. The lowest BCUT2D eigenvalue weighted by Gasteiger charge is -2.12. The van der Waals surface area contributed by atoms with Gasteiger partial charge in [0, 0.05) is 44.2 Å². The Morgan fingerprint density at radius 3 is 2.76 bits per heavy atom. The lowest BCUT2D eigenvalue weighted by molar-refractivity contribution is 0.0776. The summed E-state index contributed by atoms with van der Waals surface area (Å²) in [5.41, 5.74) is 0. The van der Waals surface area contributed by atoms with E-state index in [0.717, 1.165) is 44.9 Å². The zero-order chi connectivity index (χ0) is 15.5. The van der Waals surface area contributed by atoms with Gasteiger partial charge in [-0.25, -0.2) is 4.98 Å². The van der Waals surface area contributed by atoms with E-state index in [0.29, 0.717) is 6.10 Å². The van der Waals surface area contributed by atoms with Crippen molar-refractivity contribution in [1.82, 2.24) is 15.6 Å². The van der Waals surface area contributed by atoms with Gasteiger partial charge in [-0.05, 0) is 26.7 Å². The molecule has 0 radical (unpaired) electrons. The van der Waals surface area contributed by atoms with Crippen LogP contribution >= 0.6 is 11.3 Å². The fourth-order valence-electron chi connectivity index (χ4n) is 1.73. The average Bonchev–Trinajstić information content (AvgIpc) is 2.92. The van der Waals surface area contributed by atoms with Gasteiger partial charge in [0.05, 0.1) is 11.1 Å². The van der Waals surface area contributed by atoms with Gasteiger partial charge in [0.1, 0.15) is 0 Å². The molecule has 0 aliphatic rings. The van der Waals surface area contributed by atoms with Crippen molar-refractivity contribution >= 4 is 17.3 Å². The summed E-state index contributed by atoms with van der Waals surface area (Å²) >= 11 is 1.79. The second kappa shape index (κ2) is 10.6. The van der Waals surface area contributed by atoms with Crippen molar-refractivity contribution in [2.45, 2.75) is 46.1 Å². The topological polar surface area (TPSA) is 58.5 Å². The summed E-state index contributed by atoms with van der Waals surface area (Å²) in [6, 6.07) is 0. The summed E-state index contributed by atoms with van der Waals surface area (Å²) in [4.78, 5) is 9.97. The molecule has 0 atom stereocenters. The maximum absolute atomic E-state index is 5.50. The Labute approximate surface area is 132 Å². The number of guanidine groups is 1. The minimum Gasteiger partial charge on any atom is -0.379 e.